The van der Waals surface area contributed by atoms with Gasteiger partial charge in [0, 0.05) is 0 Å². The first-order chi connectivity index (χ1) is 7.42. The van der Waals surface area contributed by atoms with E-state index in [1.54, 1.807) is 0 Å². The fourth-order valence-electron chi connectivity index (χ4n) is 1.40. The van der Waals surface area contributed by atoms with Crippen LogP contribution in [0.25, 0.3) is 0 Å². The Morgan fingerprint density at radius 2 is 1.13 bits per heavy atom. The quantitative estimate of drug-likeness (QED) is 0.578. The van der Waals surface area contributed by atoms with E-state index < -0.39 is 0 Å². The van der Waals surface area contributed by atoms with Crippen molar-refractivity contribution in [3.8, 4) is 0 Å². The predicted molar refractivity (Wildman–Crippen MR) is 64.8 cm³/mol. The summed E-state index contributed by atoms with van der Waals surface area (Å²) in [4.78, 5) is 0. The summed E-state index contributed by atoms with van der Waals surface area (Å²) in [6.07, 6.45) is 0. The maximum absolute atomic E-state index is 3.65. The molecule has 0 saturated heterocycles. The molecule has 2 aromatic carbocycles. The van der Waals surface area contributed by atoms with Gasteiger partial charge in [-0.1, -0.05) is 0 Å². The van der Waals surface area contributed by atoms with Crippen LogP contribution in [-0.2, 0) is 14.7 Å². The standard InChI is InChI=1S/C12H10PSi.Mn/c14-13(11-7-3-1-4-8-11)12-9-5-2-6-10-12;/h1-10H;. The summed E-state index contributed by atoms with van der Waals surface area (Å²) in [7, 11) is 0.577. The molecule has 0 radical (unpaired) electrons. The van der Waals surface area contributed by atoms with Crippen molar-refractivity contribution in [3.63, 3.8) is 0 Å². The van der Waals surface area contributed by atoms with E-state index in [0.29, 0.717) is 0 Å². The van der Waals surface area contributed by atoms with E-state index in [4.69, 9.17) is 0 Å². The van der Waals surface area contributed by atoms with Gasteiger partial charge in [0.2, 0.25) is 0 Å². The van der Waals surface area contributed by atoms with Crippen molar-refractivity contribution < 1.29 is 14.7 Å². The van der Waals surface area contributed by atoms with Gasteiger partial charge in [0.25, 0.3) is 0 Å². The van der Waals surface area contributed by atoms with Gasteiger partial charge in [0.15, 0.2) is 0 Å². The molecule has 0 unspecified atom stereocenters. The van der Waals surface area contributed by atoms with E-state index in [9.17, 15) is 0 Å². The van der Waals surface area contributed by atoms with E-state index in [1.165, 1.54) is 10.6 Å². The van der Waals surface area contributed by atoms with Crippen LogP contribution in [0.15, 0.2) is 60.7 Å². The fourth-order valence-corrected chi connectivity index (χ4v) is 7.06. The Morgan fingerprint density at radius 1 is 0.733 bits per heavy atom. The third-order valence-corrected chi connectivity index (χ3v) is 8.34. The van der Waals surface area contributed by atoms with Crippen LogP contribution in [0.4, 0.5) is 0 Å². The Hall–Kier alpha value is -0.394. The molecule has 0 saturated carbocycles. The number of rotatable bonds is 2. The van der Waals surface area contributed by atoms with Crippen LogP contribution in [0, 0.1) is 0 Å². The zero-order valence-corrected chi connectivity index (χ0v) is 11.2. The van der Waals surface area contributed by atoms with E-state index >= 15 is 0 Å². The van der Waals surface area contributed by atoms with Crippen LogP contribution in [0.2, 0.25) is 0 Å². The first kappa shape index (κ1) is 11.1. The normalized spacial score (nSPS) is 9.93. The summed E-state index contributed by atoms with van der Waals surface area (Å²) in [5, 5.41) is 2.88. The van der Waals surface area contributed by atoms with Crippen molar-refractivity contribution in [1.82, 2.24) is 0 Å². The van der Waals surface area contributed by atoms with Gasteiger partial charge in [0.05, 0.1) is 0 Å². The Balaban J connectivity index is 2.39. The molecule has 0 aromatic heterocycles. The van der Waals surface area contributed by atoms with Crippen molar-refractivity contribution in [2.75, 3.05) is 0 Å². The van der Waals surface area contributed by atoms with E-state index in [0.717, 1.165) is 7.11 Å². The number of hydrogen-bond donors (Lipinski definition) is 0. The van der Waals surface area contributed by atoms with Crippen LogP contribution in [-0.4, -0.2) is 7.11 Å². The summed E-state index contributed by atoms with van der Waals surface area (Å²) < 4.78 is 0. The molecule has 15 heavy (non-hydrogen) atoms. The first-order valence-electron chi connectivity index (χ1n) is 4.68. The van der Waals surface area contributed by atoms with Gasteiger partial charge in [-0.05, 0) is 0 Å². The van der Waals surface area contributed by atoms with Crippen LogP contribution in [0.5, 0.6) is 0 Å². The molecule has 0 fully saturated rings. The average molecular weight is 268 g/mol. The van der Waals surface area contributed by atoms with Crippen LogP contribution in [0.3, 0.4) is 0 Å². The molecule has 0 nitrogen and oxygen atoms in total. The summed E-state index contributed by atoms with van der Waals surface area (Å²) in [6, 6.07) is 21.4. The van der Waals surface area contributed by atoms with Crippen molar-refractivity contribution in [3.05, 3.63) is 60.7 Å². The van der Waals surface area contributed by atoms with E-state index in [-0.39, 0.29) is 7.47 Å². The van der Waals surface area contributed by atoms with E-state index in [1.807, 2.05) is 0 Å². The molecule has 0 aliphatic rings. The average Bonchev–Trinajstić information content (AvgIpc) is 2.33. The second-order valence-corrected chi connectivity index (χ2v) is 9.19. The molecule has 0 atom stereocenters. The zero-order valence-electron chi connectivity index (χ0n) is 8.10. The van der Waals surface area contributed by atoms with Gasteiger partial charge in [-0.15, -0.1) is 0 Å². The molecular weight excluding hydrogens is 258 g/mol. The predicted octanol–water partition coefficient (Wildman–Crippen LogP) is 2.20. The van der Waals surface area contributed by atoms with Crippen molar-refractivity contribution in [2.45, 2.75) is 0 Å². The molecular formula is C12H10MnPSi. The molecule has 74 valence electrons. The van der Waals surface area contributed by atoms with Gasteiger partial charge in [-0.3, -0.25) is 0 Å². The van der Waals surface area contributed by atoms with Gasteiger partial charge in [-0.2, -0.15) is 0 Å². The SMILES string of the molecule is [Mn]#[Si]P(c1ccccc1)c1ccccc1. The molecule has 0 spiro atoms. The van der Waals surface area contributed by atoms with E-state index in [2.05, 4.69) is 75.3 Å². The van der Waals surface area contributed by atoms with Crippen LogP contribution >= 0.6 is 7.47 Å². The summed E-state index contributed by atoms with van der Waals surface area (Å²) >= 11 is 3.65. The maximum atomic E-state index is 3.65. The zero-order chi connectivity index (χ0) is 10.5. The van der Waals surface area contributed by atoms with Crippen LogP contribution in [0.1, 0.15) is 0 Å². The molecule has 0 bridgehead atoms. The van der Waals surface area contributed by atoms with Gasteiger partial charge in [0.1, 0.15) is 0 Å². The molecule has 0 N–H and O–H groups in total. The summed E-state index contributed by atoms with van der Waals surface area (Å²) in [5.74, 6) is 0. The molecule has 0 aliphatic heterocycles. The Kier molecular flexibility index (Phi) is 4.16. The second kappa shape index (κ2) is 5.63. The second-order valence-electron chi connectivity index (χ2n) is 3.09. The molecule has 2 aromatic rings. The minimum absolute atomic E-state index is 0.204. The topological polar surface area (TPSA) is 0 Å². The Labute approximate surface area is 100 Å². The monoisotopic (exact) mass is 268 g/mol. The van der Waals surface area contributed by atoms with Crippen molar-refractivity contribution in [2.24, 2.45) is 0 Å². The molecule has 0 amide bonds. The third kappa shape index (κ3) is 2.80. The summed E-state index contributed by atoms with van der Waals surface area (Å²) in [5.41, 5.74) is 0. The first-order valence-corrected chi connectivity index (χ1v) is 9.51. The molecule has 0 heterocycles. The Morgan fingerprint density at radius 3 is 1.47 bits per heavy atom. The van der Waals surface area contributed by atoms with Crippen molar-refractivity contribution >= 4 is 25.2 Å². The van der Waals surface area contributed by atoms with Crippen molar-refractivity contribution in [1.29, 1.82) is 0 Å². The Bertz CT molecular complexity index is 424. The molecule has 0 aliphatic carbocycles. The third-order valence-electron chi connectivity index (χ3n) is 2.11. The van der Waals surface area contributed by atoms with Gasteiger partial charge in [-0.25, -0.2) is 0 Å². The minimum atomic E-state index is -0.204. The van der Waals surface area contributed by atoms with Crippen LogP contribution < -0.4 is 10.6 Å². The molecule has 3 heteroatoms. The number of benzene rings is 2. The number of hydrogen-bond acceptors (Lipinski definition) is 0. The van der Waals surface area contributed by atoms with Gasteiger partial charge < -0.3 is 0 Å². The summed E-state index contributed by atoms with van der Waals surface area (Å²) in [6.45, 7) is 0. The van der Waals surface area contributed by atoms with Gasteiger partial charge >= 0.3 is 101 Å². The molecule has 2 rings (SSSR count). The fraction of sp³-hybridized carbons (Fsp3) is 0.